The predicted octanol–water partition coefficient (Wildman–Crippen LogP) is 6.28. The molecule has 0 saturated heterocycles. The lowest BCUT2D eigenvalue weighted by Gasteiger charge is -2.31. The fourth-order valence-corrected chi connectivity index (χ4v) is 5.51. The summed E-state index contributed by atoms with van der Waals surface area (Å²) in [5.74, 6) is -0.116. The lowest BCUT2D eigenvalue weighted by atomic mass is 9.82. The number of aliphatic hydroxyl groups excluding tert-OH is 1. The molecule has 1 amide bonds. The summed E-state index contributed by atoms with van der Waals surface area (Å²) in [5.41, 5.74) is 15.8. The molecule has 3 N–H and O–H groups in total. The van der Waals surface area contributed by atoms with Crippen molar-refractivity contribution in [3.8, 4) is 5.75 Å². The summed E-state index contributed by atoms with van der Waals surface area (Å²) < 4.78 is 17.8. The number of carbonyl (C=O) groups is 2. The maximum absolute atomic E-state index is 14.4. The Morgan fingerprint density at radius 3 is 2.47 bits per heavy atom. The van der Waals surface area contributed by atoms with Crippen LogP contribution < -0.4 is 15.6 Å². The molecule has 0 fully saturated rings. The van der Waals surface area contributed by atoms with Gasteiger partial charge in [-0.25, -0.2) is 10.4 Å². The first-order valence-corrected chi connectivity index (χ1v) is 16.6. The van der Waals surface area contributed by atoms with Crippen LogP contribution in [0.1, 0.15) is 81.2 Å². The second kappa shape index (κ2) is 18.0. The van der Waals surface area contributed by atoms with Crippen LogP contribution in [0, 0.1) is 0 Å². The maximum atomic E-state index is 14.4. The minimum absolute atomic E-state index is 0.0180. The number of benzene rings is 3. The molecule has 12 heteroatoms. The van der Waals surface area contributed by atoms with E-state index in [1.807, 2.05) is 42.5 Å². The first-order valence-electron chi connectivity index (χ1n) is 16.6. The van der Waals surface area contributed by atoms with Gasteiger partial charge in [-0.1, -0.05) is 59.7 Å². The zero-order valence-corrected chi connectivity index (χ0v) is 28.4. The molecule has 4 rings (SSSR count). The van der Waals surface area contributed by atoms with Crippen molar-refractivity contribution < 1.29 is 28.9 Å². The van der Waals surface area contributed by atoms with Crippen LogP contribution in [0.15, 0.2) is 89.0 Å². The second-order valence-electron chi connectivity index (χ2n) is 12.8. The number of esters is 1. The minimum atomic E-state index is -1.59. The molecular weight excluding hydrogens is 624 g/mol. The van der Waals surface area contributed by atoms with Crippen molar-refractivity contribution >= 4 is 17.8 Å². The third-order valence-corrected chi connectivity index (χ3v) is 7.86. The van der Waals surface area contributed by atoms with Crippen LogP contribution in [0.4, 0.5) is 0 Å². The van der Waals surface area contributed by atoms with Gasteiger partial charge >= 0.3 is 5.97 Å². The molecule has 49 heavy (non-hydrogen) atoms. The summed E-state index contributed by atoms with van der Waals surface area (Å²) in [6.45, 7) is 6.31. The molecule has 1 aliphatic heterocycles. The Morgan fingerprint density at radius 2 is 1.76 bits per heavy atom. The molecule has 1 aliphatic rings. The zero-order chi connectivity index (χ0) is 35.1. The highest BCUT2D eigenvalue weighted by Gasteiger charge is 2.54. The number of aliphatic hydroxyl groups is 1. The number of hydrazine groups is 1. The lowest BCUT2D eigenvalue weighted by Crippen LogP contribution is -2.53. The summed E-state index contributed by atoms with van der Waals surface area (Å²) in [6.07, 6.45) is 2.09. The Kier molecular flexibility index (Phi) is 13.6. The number of nitrogens with one attached hydrogen (secondary N) is 2. The first kappa shape index (κ1) is 36.9. The summed E-state index contributed by atoms with van der Waals surface area (Å²) in [6, 6.07) is 24.6. The van der Waals surface area contributed by atoms with Crippen LogP contribution in [-0.4, -0.2) is 53.8 Å². The number of unbranched alkanes of at least 4 members (excludes halogenated alkanes) is 1. The molecule has 1 heterocycles. The van der Waals surface area contributed by atoms with Gasteiger partial charge in [0.05, 0.1) is 13.2 Å². The van der Waals surface area contributed by atoms with Gasteiger partial charge in [-0.3, -0.25) is 15.0 Å². The number of nitrogens with zero attached hydrogens (tertiary/aromatic N) is 4. The summed E-state index contributed by atoms with van der Waals surface area (Å²) >= 11 is 0. The Bertz CT molecular complexity index is 1600. The van der Waals surface area contributed by atoms with Crippen molar-refractivity contribution in [3.63, 3.8) is 0 Å². The average Bonchev–Trinajstić information content (AvgIpc) is 3.49. The maximum Gasteiger partial charge on any atom is 0.306 e. The van der Waals surface area contributed by atoms with Crippen molar-refractivity contribution in [2.75, 3.05) is 19.8 Å². The normalized spacial score (nSPS) is 17.0. The summed E-state index contributed by atoms with van der Waals surface area (Å²) in [7, 11) is 0. The van der Waals surface area contributed by atoms with Crippen molar-refractivity contribution in [1.29, 1.82) is 0 Å². The topological polar surface area (TPSA) is 167 Å². The van der Waals surface area contributed by atoms with Gasteiger partial charge < -0.3 is 19.3 Å². The average molecular weight is 671 g/mol. The van der Waals surface area contributed by atoms with Gasteiger partial charge in [-0.05, 0) is 92.9 Å². The van der Waals surface area contributed by atoms with E-state index >= 15 is 0 Å². The van der Waals surface area contributed by atoms with Gasteiger partial charge in [0, 0.05) is 36.5 Å². The van der Waals surface area contributed by atoms with Gasteiger partial charge in [-0.2, -0.15) is 0 Å². The van der Waals surface area contributed by atoms with Crippen molar-refractivity contribution in [3.05, 3.63) is 112 Å². The molecular formula is C37H46N6O6. The summed E-state index contributed by atoms with van der Waals surface area (Å²) in [4.78, 5) is 35.3. The Hall–Kier alpha value is -4.90. The Labute approximate surface area is 287 Å². The fraction of sp³-hybridized carbons (Fsp3) is 0.432. The molecule has 0 aromatic heterocycles. The van der Waals surface area contributed by atoms with Crippen LogP contribution in [-0.2, 0) is 32.0 Å². The van der Waals surface area contributed by atoms with Crippen LogP contribution >= 0.6 is 0 Å². The Morgan fingerprint density at radius 1 is 1.02 bits per heavy atom. The highest BCUT2D eigenvalue weighted by atomic mass is 16.6. The van der Waals surface area contributed by atoms with E-state index in [0.29, 0.717) is 42.0 Å². The summed E-state index contributed by atoms with van der Waals surface area (Å²) in [5, 5.41) is 12.8. The number of azide groups is 1. The van der Waals surface area contributed by atoms with E-state index in [1.54, 1.807) is 45.0 Å². The number of hydrogen-bond donors (Lipinski definition) is 3. The smallest absolute Gasteiger partial charge is 0.306 e. The first-order chi connectivity index (χ1) is 23.6. The zero-order valence-electron chi connectivity index (χ0n) is 28.4. The molecule has 0 spiro atoms. The monoisotopic (exact) mass is 670 g/mol. The van der Waals surface area contributed by atoms with Gasteiger partial charge in [0.1, 0.15) is 11.4 Å². The highest BCUT2D eigenvalue weighted by Crippen LogP contribution is 2.44. The molecule has 2 atom stereocenters. The van der Waals surface area contributed by atoms with Crippen molar-refractivity contribution in [2.24, 2.45) is 10.1 Å². The van der Waals surface area contributed by atoms with Crippen LogP contribution in [0.5, 0.6) is 5.75 Å². The number of aliphatic imine (C=N–C) groups is 1. The van der Waals surface area contributed by atoms with Crippen LogP contribution in [0.25, 0.3) is 10.4 Å². The third kappa shape index (κ3) is 10.8. The van der Waals surface area contributed by atoms with Gasteiger partial charge in [0.15, 0.2) is 11.6 Å². The molecule has 0 unspecified atom stereocenters. The lowest BCUT2D eigenvalue weighted by molar-refractivity contribution is -0.155. The second-order valence-corrected chi connectivity index (χ2v) is 12.8. The van der Waals surface area contributed by atoms with E-state index in [9.17, 15) is 9.59 Å². The van der Waals surface area contributed by atoms with Crippen molar-refractivity contribution in [1.82, 2.24) is 10.9 Å². The van der Waals surface area contributed by atoms with E-state index in [2.05, 4.69) is 33.0 Å². The highest BCUT2D eigenvalue weighted by molar-refractivity contribution is 6.01. The quantitative estimate of drug-likeness (QED) is 0.0357. The van der Waals surface area contributed by atoms with Gasteiger partial charge in [0.25, 0.3) is 5.91 Å². The molecule has 3 aromatic rings. The SMILES string of the molecule is CC(C)(C)OC(=O)CC[C@]1(C(=O)NNCCCCc2ccccc2)N=C(c2ccc(OCCCO)cc2)O[C@H]1c1ccccc1CN=[N+]=[N-]. The number of amides is 1. The Balaban J connectivity index is 1.65. The molecule has 0 radical (unpaired) electrons. The molecule has 260 valence electrons. The van der Waals surface area contributed by atoms with E-state index in [1.165, 1.54) is 5.56 Å². The van der Waals surface area contributed by atoms with E-state index in [4.69, 9.17) is 29.8 Å². The van der Waals surface area contributed by atoms with Gasteiger partial charge in [-0.15, -0.1) is 0 Å². The number of ether oxygens (including phenoxy) is 3. The molecule has 0 bridgehead atoms. The number of rotatable bonds is 18. The predicted molar refractivity (Wildman–Crippen MR) is 187 cm³/mol. The fourth-order valence-electron chi connectivity index (χ4n) is 5.51. The number of hydrogen-bond acceptors (Lipinski definition) is 9. The van der Waals surface area contributed by atoms with E-state index in [0.717, 1.165) is 19.3 Å². The van der Waals surface area contributed by atoms with Crippen molar-refractivity contribution in [2.45, 2.75) is 83.1 Å². The van der Waals surface area contributed by atoms with E-state index in [-0.39, 0.29) is 31.9 Å². The molecule has 12 nitrogen and oxygen atoms in total. The largest absolute Gasteiger partial charge is 0.494 e. The van der Waals surface area contributed by atoms with Crippen LogP contribution in [0.2, 0.25) is 0 Å². The van der Waals surface area contributed by atoms with Gasteiger partial charge in [0.2, 0.25) is 5.90 Å². The van der Waals surface area contributed by atoms with Crippen LogP contribution in [0.3, 0.4) is 0 Å². The number of carbonyl (C=O) groups excluding carboxylic acids is 2. The third-order valence-electron chi connectivity index (χ3n) is 7.86. The standard InChI is InChI=1S/C37H46N6O6/c1-36(2,3)49-32(45)21-22-37(35(46)42-39-23-10-9-14-27-12-5-4-6-13-27)33(31-16-8-7-15-29(31)26-40-43-38)48-34(41-37)28-17-19-30(20-18-28)47-25-11-24-44/h4-8,12-13,15-20,33,39,44H,9-11,14,21-26H2,1-3H3,(H,42,46)/t33-,37-/m0/s1. The molecule has 3 aromatic carbocycles. The molecule has 0 saturated carbocycles. The number of aryl methyl sites for hydroxylation is 1. The van der Waals surface area contributed by atoms with E-state index < -0.39 is 29.1 Å². The molecule has 0 aliphatic carbocycles. The minimum Gasteiger partial charge on any atom is -0.494 e.